The van der Waals surface area contributed by atoms with Gasteiger partial charge in [-0.2, -0.15) is 0 Å². The maximum atomic E-state index is 2.38. The maximum Gasteiger partial charge on any atom is 0.0399 e. The van der Waals surface area contributed by atoms with E-state index in [2.05, 4.69) is 49.2 Å². The van der Waals surface area contributed by atoms with Crippen molar-refractivity contribution in [2.24, 2.45) is 0 Å². The van der Waals surface area contributed by atoms with Crippen molar-refractivity contribution in [2.75, 3.05) is 18.5 Å². The second-order valence-electron chi connectivity index (χ2n) is 4.26. The largest absolute Gasteiger partial charge is 0.370 e. The van der Waals surface area contributed by atoms with E-state index in [0.717, 1.165) is 13.0 Å². The number of anilines is 1. The SMILES string of the molecule is CC/C=C1/CCc2ccccc2N(C)C1. The molecule has 1 aromatic rings. The fourth-order valence-corrected chi connectivity index (χ4v) is 2.31. The zero-order chi connectivity index (χ0) is 10.7. The van der Waals surface area contributed by atoms with E-state index < -0.39 is 0 Å². The van der Waals surface area contributed by atoms with E-state index in [1.165, 1.54) is 24.1 Å². The quantitative estimate of drug-likeness (QED) is 0.629. The number of aryl methyl sites for hydroxylation is 1. The molecule has 0 aliphatic carbocycles. The normalized spacial score (nSPS) is 18.8. The van der Waals surface area contributed by atoms with Gasteiger partial charge in [0.2, 0.25) is 0 Å². The minimum absolute atomic E-state index is 1.09. The minimum atomic E-state index is 1.09. The molecule has 1 aliphatic rings. The summed E-state index contributed by atoms with van der Waals surface area (Å²) >= 11 is 0. The van der Waals surface area contributed by atoms with Gasteiger partial charge in [-0.1, -0.05) is 36.8 Å². The van der Waals surface area contributed by atoms with Crippen molar-refractivity contribution in [3.63, 3.8) is 0 Å². The molecule has 0 atom stereocenters. The highest BCUT2D eigenvalue weighted by molar-refractivity contribution is 5.55. The summed E-state index contributed by atoms with van der Waals surface area (Å²) in [5.74, 6) is 0. The molecule has 0 fully saturated rings. The smallest absolute Gasteiger partial charge is 0.0399 e. The molecule has 0 amide bonds. The Balaban J connectivity index is 2.28. The molecule has 80 valence electrons. The van der Waals surface area contributed by atoms with Crippen molar-refractivity contribution >= 4 is 5.69 Å². The van der Waals surface area contributed by atoms with Crippen LogP contribution in [0.5, 0.6) is 0 Å². The highest BCUT2D eigenvalue weighted by Gasteiger charge is 2.13. The fraction of sp³-hybridized carbons (Fsp3) is 0.429. The molecule has 0 bridgehead atoms. The first kappa shape index (κ1) is 10.3. The molecule has 15 heavy (non-hydrogen) atoms. The molecule has 0 aromatic heterocycles. The van der Waals surface area contributed by atoms with Gasteiger partial charge in [0.1, 0.15) is 0 Å². The lowest BCUT2D eigenvalue weighted by Crippen LogP contribution is -2.19. The number of para-hydroxylation sites is 1. The summed E-state index contributed by atoms with van der Waals surface area (Å²) in [6, 6.07) is 8.75. The Labute approximate surface area is 92.4 Å². The van der Waals surface area contributed by atoms with Crippen LogP contribution in [0.3, 0.4) is 0 Å². The van der Waals surface area contributed by atoms with E-state index >= 15 is 0 Å². The number of likely N-dealkylation sites (N-methyl/N-ethyl adjacent to an activating group) is 1. The van der Waals surface area contributed by atoms with Crippen LogP contribution in [0.15, 0.2) is 35.9 Å². The maximum absolute atomic E-state index is 2.38. The molecule has 0 radical (unpaired) electrons. The highest BCUT2D eigenvalue weighted by Crippen LogP contribution is 2.26. The molecule has 1 heteroatoms. The summed E-state index contributed by atoms with van der Waals surface area (Å²) in [7, 11) is 2.19. The number of hydrogen-bond donors (Lipinski definition) is 0. The number of rotatable bonds is 1. The Bertz CT molecular complexity index is 365. The van der Waals surface area contributed by atoms with Crippen LogP contribution < -0.4 is 4.90 Å². The predicted molar refractivity (Wildman–Crippen MR) is 66.4 cm³/mol. The van der Waals surface area contributed by atoms with E-state index in [0.29, 0.717) is 0 Å². The summed E-state index contributed by atoms with van der Waals surface area (Å²) in [6.07, 6.45) is 5.93. The zero-order valence-corrected chi connectivity index (χ0v) is 9.66. The van der Waals surface area contributed by atoms with Crippen LogP contribution in [-0.4, -0.2) is 13.6 Å². The van der Waals surface area contributed by atoms with Gasteiger partial charge in [-0.3, -0.25) is 0 Å². The van der Waals surface area contributed by atoms with Crippen LogP contribution in [0.25, 0.3) is 0 Å². The average molecular weight is 201 g/mol. The van der Waals surface area contributed by atoms with Gasteiger partial charge < -0.3 is 4.90 Å². The van der Waals surface area contributed by atoms with E-state index in [4.69, 9.17) is 0 Å². The third-order valence-electron chi connectivity index (χ3n) is 3.05. The number of fused-ring (bicyclic) bond motifs is 1. The summed E-state index contributed by atoms with van der Waals surface area (Å²) in [5, 5.41) is 0. The lowest BCUT2D eigenvalue weighted by atomic mass is 10.1. The Morgan fingerprint density at radius 3 is 2.87 bits per heavy atom. The predicted octanol–water partition coefficient (Wildman–Crippen LogP) is 3.41. The molecule has 0 unspecified atom stereocenters. The van der Waals surface area contributed by atoms with Gasteiger partial charge in [-0.05, 0) is 30.9 Å². The first-order chi connectivity index (χ1) is 7.31. The fourth-order valence-electron chi connectivity index (χ4n) is 2.31. The van der Waals surface area contributed by atoms with Crippen LogP contribution >= 0.6 is 0 Å². The van der Waals surface area contributed by atoms with Crippen molar-refractivity contribution in [1.29, 1.82) is 0 Å². The Kier molecular flexibility index (Phi) is 3.10. The Morgan fingerprint density at radius 1 is 1.27 bits per heavy atom. The van der Waals surface area contributed by atoms with Crippen molar-refractivity contribution in [3.05, 3.63) is 41.5 Å². The van der Waals surface area contributed by atoms with E-state index in [-0.39, 0.29) is 0 Å². The molecular weight excluding hydrogens is 182 g/mol. The monoisotopic (exact) mass is 201 g/mol. The molecule has 1 aliphatic heterocycles. The molecule has 1 heterocycles. The number of hydrogen-bond acceptors (Lipinski definition) is 1. The lowest BCUT2D eigenvalue weighted by molar-refractivity contribution is 0.903. The Morgan fingerprint density at radius 2 is 2.07 bits per heavy atom. The number of allylic oxidation sites excluding steroid dienone is 1. The van der Waals surface area contributed by atoms with Crippen molar-refractivity contribution in [1.82, 2.24) is 0 Å². The third kappa shape index (κ3) is 2.23. The zero-order valence-electron chi connectivity index (χ0n) is 9.66. The molecule has 0 N–H and O–H groups in total. The van der Waals surface area contributed by atoms with Crippen LogP contribution in [0.1, 0.15) is 25.3 Å². The molecule has 0 spiro atoms. The summed E-state index contributed by atoms with van der Waals surface area (Å²) in [4.78, 5) is 2.36. The second kappa shape index (κ2) is 4.52. The van der Waals surface area contributed by atoms with Crippen molar-refractivity contribution in [3.8, 4) is 0 Å². The van der Waals surface area contributed by atoms with Crippen LogP contribution in [-0.2, 0) is 6.42 Å². The second-order valence-corrected chi connectivity index (χ2v) is 4.26. The van der Waals surface area contributed by atoms with Gasteiger partial charge in [-0.15, -0.1) is 0 Å². The van der Waals surface area contributed by atoms with Crippen LogP contribution in [0.4, 0.5) is 5.69 Å². The van der Waals surface area contributed by atoms with Gasteiger partial charge in [-0.25, -0.2) is 0 Å². The van der Waals surface area contributed by atoms with Gasteiger partial charge in [0, 0.05) is 19.3 Å². The first-order valence-electron chi connectivity index (χ1n) is 5.78. The summed E-state index contributed by atoms with van der Waals surface area (Å²) in [6.45, 7) is 3.30. The third-order valence-corrected chi connectivity index (χ3v) is 3.05. The standard InChI is InChI=1S/C14H19N/c1-3-6-12-9-10-13-7-4-5-8-14(13)15(2)11-12/h4-8H,3,9-11H2,1-2H3/b12-6-. The molecule has 1 aromatic carbocycles. The minimum Gasteiger partial charge on any atom is -0.370 e. The van der Waals surface area contributed by atoms with E-state index in [1.54, 1.807) is 5.57 Å². The van der Waals surface area contributed by atoms with Crippen molar-refractivity contribution < 1.29 is 0 Å². The van der Waals surface area contributed by atoms with Crippen LogP contribution in [0, 0.1) is 0 Å². The van der Waals surface area contributed by atoms with Gasteiger partial charge in [0.05, 0.1) is 0 Å². The topological polar surface area (TPSA) is 3.24 Å². The molecule has 0 saturated heterocycles. The molecule has 2 rings (SSSR count). The van der Waals surface area contributed by atoms with Crippen molar-refractivity contribution in [2.45, 2.75) is 26.2 Å². The Hall–Kier alpha value is -1.24. The van der Waals surface area contributed by atoms with E-state index in [1.807, 2.05) is 0 Å². The van der Waals surface area contributed by atoms with E-state index in [9.17, 15) is 0 Å². The van der Waals surface area contributed by atoms with Gasteiger partial charge in [0.25, 0.3) is 0 Å². The molecule has 1 nitrogen and oxygen atoms in total. The number of benzene rings is 1. The summed E-state index contributed by atoms with van der Waals surface area (Å²) in [5.41, 5.74) is 4.47. The lowest BCUT2D eigenvalue weighted by Gasteiger charge is -2.19. The average Bonchev–Trinajstić information content (AvgIpc) is 2.40. The molecular formula is C14H19N. The highest BCUT2D eigenvalue weighted by atomic mass is 15.1. The first-order valence-corrected chi connectivity index (χ1v) is 5.78. The van der Waals surface area contributed by atoms with Gasteiger partial charge in [0.15, 0.2) is 0 Å². The molecule has 0 saturated carbocycles. The van der Waals surface area contributed by atoms with Gasteiger partial charge >= 0.3 is 0 Å². The van der Waals surface area contributed by atoms with Crippen LogP contribution in [0.2, 0.25) is 0 Å². The number of nitrogens with zero attached hydrogens (tertiary/aromatic N) is 1. The summed E-state index contributed by atoms with van der Waals surface area (Å²) < 4.78 is 0.